The predicted molar refractivity (Wildman–Crippen MR) is 113 cm³/mol. The smallest absolute Gasteiger partial charge is 0.338 e. The van der Waals surface area contributed by atoms with Crippen LogP contribution in [0.4, 0.5) is 11.4 Å². The van der Waals surface area contributed by atoms with Crippen molar-refractivity contribution in [3.05, 3.63) is 53.6 Å². The summed E-state index contributed by atoms with van der Waals surface area (Å²) in [5.74, 6) is -0.586. The number of benzene rings is 2. The van der Waals surface area contributed by atoms with E-state index in [1.165, 1.54) is 0 Å². The average molecular weight is 419 g/mol. The van der Waals surface area contributed by atoms with Gasteiger partial charge in [0.05, 0.1) is 29.3 Å². The molecule has 0 saturated carbocycles. The highest BCUT2D eigenvalue weighted by molar-refractivity contribution is 7.90. The number of nitrogens with one attached hydrogen (secondary N) is 2. The molecule has 0 aromatic heterocycles. The van der Waals surface area contributed by atoms with Gasteiger partial charge in [0.1, 0.15) is 0 Å². The molecule has 0 aliphatic carbocycles. The van der Waals surface area contributed by atoms with E-state index in [1.54, 1.807) is 43.3 Å². The molecule has 0 spiro atoms. The lowest BCUT2D eigenvalue weighted by molar-refractivity contribution is -0.114. The second-order valence-electron chi connectivity index (χ2n) is 6.88. The van der Waals surface area contributed by atoms with Crippen molar-refractivity contribution in [2.45, 2.75) is 31.6 Å². The Kier molecular flexibility index (Phi) is 7.39. The van der Waals surface area contributed by atoms with Gasteiger partial charge in [0.2, 0.25) is 5.91 Å². The summed E-state index contributed by atoms with van der Waals surface area (Å²) in [7, 11) is -3.45. The van der Waals surface area contributed by atoms with Crippen LogP contribution in [-0.4, -0.2) is 39.7 Å². The van der Waals surface area contributed by atoms with Gasteiger partial charge in [-0.2, -0.15) is 0 Å². The Morgan fingerprint density at radius 1 is 1.07 bits per heavy atom. The highest BCUT2D eigenvalue weighted by Crippen LogP contribution is 2.26. The van der Waals surface area contributed by atoms with Crippen LogP contribution in [0.5, 0.6) is 0 Å². The van der Waals surface area contributed by atoms with Crippen LogP contribution in [-0.2, 0) is 19.4 Å². The minimum atomic E-state index is -3.45. The summed E-state index contributed by atoms with van der Waals surface area (Å²) in [5, 5.41) is 5.58. The second kappa shape index (κ2) is 9.56. The van der Waals surface area contributed by atoms with Crippen LogP contribution in [0.2, 0.25) is 0 Å². The minimum Gasteiger partial charge on any atom is -0.462 e. The van der Waals surface area contributed by atoms with Crippen LogP contribution >= 0.6 is 0 Å². The molecule has 0 radical (unpaired) electrons. The molecule has 156 valence electrons. The molecule has 0 fully saturated rings. The summed E-state index contributed by atoms with van der Waals surface area (Å²) in [6.07, 6.45) is 1.14. The molecule has 1 amide bonds. The Hall–Kier alpha value is -2.87. The van der Waals surface area contributed by atoms with Crippen LogP contribution < -0.4 is 10.6 Å². The van der Waals surface area contributed by atoms with Gasteiger partial charge in [-0.3, -0.25) is 4.79 Å². The lowest BCUT2D eigenvalue weighted by Crippen LogP contribution is -2.22. The van der Waals surface area contributed by atoms with E-state index in [4.69, 9.17) is 4.74 Å². The quantitative estimate of drug-likeness (QED) is 0.637. The maximum Gasteiger partial charge on any atom is 0.338 e. The Bertz CT molecular complexity index is 983. The van der Waals surface area contributed by atoms with Crippen LogP contribution in [0, 0.1) is 0 Å². The highest BCUT2D eigenvalue weighted by atomic mass is 32.2. The third-order valence-corrected chi connectivity index (χ3v) is 5.33. The number of carbonyl (C=O) groups excluding carboxylic acids is 2. The van der Waals surface area contributed by atoms with Crippen LogP contribution in [0.25, 0.3) is 0 Å². The van der Waals surface area contributed by atoms with Gasteiger partial charge in [-0.05, 0) is 54.8 Å². The zero-order chi connectivity index (χ0) is 21.6. The summed E-state index contributed by atoms with van der Waals surface area (Å²) >= 11 is 0. The van der Waals surface area contributed by atoms with Crippen molar-refractivity contribution in [1.29, 1.82) is 0 Å². The van der Waals surface area contributed by atoms with Gasteiger partial charge < -0.3 is 15.4 Å². The predicted octanol–water partition coefficient (Wildman–Crippen LogP) is 3.44. The molecule has 0 saturated heterocycles. The SMILES string of the molecule is CCOC(=O)c1ccc(NC(=O)CNc2ccc(C(C)C)cc2S(C)(=O)=O)cc1. The zero-order valence-corrected chi connectivity index (χ0v) is 17.8. The van der Waals surface area contributed by atoms with Gasteiger partial charge in [0.25, 0.3) is 0 Å². The average Bonchev–Trinajstić information content (AvgIpc) is 2.66. The molecule has 0 unspecified atom stereocenters. The Morgan fingerprint density at radius 2 is 1.72 bits per heavy atom. The number of rotatable bonds is 8. The van der Waals surface area contributed by atoms with Gasteiger partial charge >= 0.3 is 5.97 Å². The number of esters is 1. The molecule has 7 nitrogen and oxygen atoms in total. The van der Waals surface area contributed by atoms with Gasteiger partial charge in [0, 0.05) is 11.9 Å². The Morgan fingerprint density at radius 3 is 2.28 bits per heavy atom. The van der Waals surface area contributed by atoms with E-state index in [1.807, 2.05) is 19.9 Å². The van der Waals surface area contributed by atoms with Crippen molar-refractivity contribution in [3.63, 3.8) is 0 Å². The van der Waals surface area contributed by atoms with E-state index in [-0.39, 0.29) is 29.9 Å². The highest BCUT2D eigenvalue weighted by Gasteiger charge is 2.16. The maximum atomic E-state index is 12.2. The fourth-order valence-electron chi connectivity index (χ4n) is 2.64. The first-order chi connectivity index (χ1) is 13.6. The maximum absolute atomic E-state index is 12.2. The zero-order valence-electron chi connectivity index (χ0n) is 17.0. The van der Waals surface area contributed by atoms with Crippen molar-refractivity contribution >= 4 is 33.1 Å². The van der Waals surface area contributed by atoms with E-state index in [0.717, 1.165) is 11.8 Å². The fourth-order valence-corrected chi connectivity index (χ4v) is 3.53. The van der Waals surface area contributed by atoms with Crippen molar-refractivity contribution in [3.8, 4) is 0 Å². The molecule has 2 N–H and O–H groups in total. The molecule has 0 atom stereocenters. The molecule has 2 aromatic carbocycles. The molecule has 0 heterocycles. The van der Waals surface area contributed by atoms with Crippen molar-refractivity contribution in [1.82, 2.24) is 0 Å². The lowest BCUT2D eigenvalue weighted by atomic mass is 10.0. The van der Waals surface area contributed by atoms with E-state index in [0.29, 0.717) is 16.9 Å². The summed E-state index contributed by atoms with van der Waals surface area (Å²) < 4.78 is 29.2. The molecule has 0 aliphatic rings. The van der Waals surface area contributed by atoms with E-state index in [2.05, 4.69) is 10.6 Å². The third-order valence-electron chi connectivity index (χ3n) is 4.19. The second-order valence-corrected chi connectivity index (χ2v) is 8.87. The van der Waals surface area contributed by atoms with Crippen molar-refractivity contribution < 1.29 is 22.7 Å². The van der Waals surface area contributed by atoms with Gasteiger partial charge in [0.15, 0.2) is 9.84 Å². The molecule has 2 rings (SSSR count). The molecule has 0 bridgehead atoms. The number of anilines is 2. The molecular formula is C21H26N2O5S. The van der Waals surface area contributed by atoms with Gasteiger partial charge in [-0.25, -0.2) is 13.2 Å². The van der Waals surface area contributed by atoms with E-state index < -0.39 is 15.8 Å². The molecule has 2 aromatic rings. The van der Waals surface area contributed by atoms with E-state index in [9.17, 15) is 18.0 Å². The van der Waals surface area contributed by atoms with Crippen LogP contribution in [0.3, 0.4) is 0 Å². The minimum absolute atomic E-state index is 0.108. The number of carbonyl (C=O) groups is 2. The molecule has 29 heavy (non-hydrogen) atoms. The molecular weight excluding hydrogens is 392 g/mol. The Labute approximate surface area is 171 Å². The summed E-state index contributed by atoms with van der Waals surface area (Å²) in [6, 6.07) is 11.5. The van der Waals surface area contributed by atoms with Crippen LogP contribution in [0.15, 0.2) is 47.4 Å². The number of hydrogen-bond donors (Lipinski definition) is 2. The largest absolute Gasteiger partial charge is 0.462 e. The van der Waals surface area contributed by atoms with Gasteiger partial charge in [-0.15, -0.1) is 0 Å². The third kappa shape index (κ3) is 6.32. The van der Waals surface area contributed by atoms with Crippen molar-refractivity contribution in [2.24, 2.45) is 0 Å². The number of ether oxygens (including phenoxy) is 1. The lowest BCUT2D eigenvalue weighted by Gasteiger charge is -2.14. The number of hydrogen-bond acceptors (Lipinski definition) is 6. The van der Waals surface area contributed by atoms with E-state index >= 15 is 0 Å². The first kappa shape index (κ1) is 22.4. The first-order valence-corrected chi connectivity index (χ1v) is 11.2. The normalized spacial score (nSPS) is 11.2. The standard InChI is InChI=1S/C21H26N2O5S/c1-5-28-21(25)15-6-9-17(10-7-15)23-20(24)13-22-18-11-8-16(14(2)3)12-19(18)29(4,26)27/h6-12,14,22H,5,13H2,1-4H3,(H,23,24). The van der Waals surface area contributed by atoms with Gasteiger partial charge in [-0.1, -0.05) is 19.9 Å². The summed E-state index contributed by atoms with van der Waals surface area (Å²) in [4.78, 5) is 24.0. The molecule has 8 heteroatoms. The monoisotopic (exact) mass is 418 g/mol. The summed E-state index contributed by atoms with van der Waals surface area (Å²) in [5.41, 5.74) is 2.20. The molecule has 0 aliphatic heterocycles. The number of sulfone groups is 1. The number of amides is 1. The van der Waals surface area contributed by atoms with Crippen LogP contribution in [0.1, 0.15) is 42.6 Å². The topological polar surface area (TPSA) is 102 Å². The fraction of sp³-hybridized carbons (Fsp3) is 0.333. The van der Waals surface area contributed by atoms with Crippen molar-refractivity contribution in [2.75, 3.05) is 30.0 Å². The first-order valence-electron chi connectivity index (χ1n) is 9.26. The summed E-state index contributed by atoms with van der Waals surface area (Å²) in [6.45, 7) is 5.87. The Balaban J connectivity index is 2.05.